The van der Waals surface area contributed by atoms with Crippen LogP contribution >= 0.6 is 0 Å². The molecule has 0 saturated heterocycles. The highest BCUT2D eigenvalue weighted by Gasteiger charge is 2.22. The molecule has 0 aliphatic carbocycles. The Labute approximate surface area is 123 Å². The van der Waals surface area contributed by atoms with Crippen molar-refractivity contribution in [2.75, 3.05) is 5.32 Å². The average molecular weight is 286 g/mol. The molecule has 2 aromatic heterocycles. The van der Waals surface area contributed by atoms with Crippen LogP contribution in [0.4, 0.5) is 5.82 Å². The van der Waals surface area contributed by atoms with Gasteiger partial charge in [0.1, 0.15) is 11.9 Å². The maximum atomic E-state index is 11.3. The van der Waals surface area contributed by atoms with E-state index in [9.17, 15) is 9.90 Å². The zero-order chi connectivity index (χ0) is 15.4. The zero-order valence-corrected chi connectivity index (χ0v) is 12.2. The molecule has 6 nitrogen and oxygen atoms in total. The second-order valence-electron chi connectivity index (χ2n) is 5.16. The van der Waals surface area contributed by atoms with Gasteiger partial charge in [-0.05, 0) is 25.0 Å². The first-order valence-corrected chi connectivity index (χ1v) is 6.73. The molecule has 21 heavy (non-hydrogen) atoms. The number of carbonyl (C=O) groups is 1. The second-order valence-corrected chi connectivity index (χ2v) is 5.16. The predicted octanol–water partition coefficient (Wildman–Crippen LogP) is 2.37. The largest absolute Gasteiger partial charge is 0.480 e. The fourth-order valence-corrected chi connectivity index (χ4v) is 1.94. The minimum atomic E-state index is -0.899. The van der Waals surface area contributed by atoms with E-state index in [-0.39, 0.29) is 5.92 Å². The first kappa shape index (κ1) is 14.9. The summed E-state index contributed by atoms with van der Waals surface area (Å²) in [7, 11) is 0. The van der Waals surface area contributed by atoms with Crippen LogP contribution in [0.3, 0.4) is 0 Å². The van der Waals surface area contributed by atoms with E-state index in [0.29, 0.717) is 11.6 Å². The van der Waals surface area contributed by atoms with Crippen molar-refractivity contribution < 1.29 is 9.90 Å². The van der Waals surface area contributed by atoms with E-state index < -0.39 is 12.0 Å². The number of aromatic nitrogens is 3. The van der Waals surface area contributed by atoms with E-state index in [4.69, 9.17) is 0 Å². The number of hydrogen-bond acceptors (Lipinski definition) is 5. The van der Waals surface area contributed by atoms with Crippen LogP contribution < -0.4 is 5.32 Å². The Hall–Kier alpha value is -2.50. The minimum Gasteiger partial charge on any atom is -0.480 e. The first-order valence-electron chi connectivity index (χ1n) is 6.73. The number of hydrogen-bond donors (Lipinski definition) is 2. The van der Waals surface area contributed by atoms with E-state index in [1.807, 2.05) is 32.9 Å². The molecule has 0 aliphatic rings. The summed E-state index contributed by atoms with van der Waals surface area (Å²) in [6.07, 6.45) is 3.35. The maximum Gasteiger partial charge on any atom is 0.326 e. The van der Waals surface area contributed by atoms with Crippen LogP contribution in [0.25, 0.3) is 11.4 Å². The van der Waals surface area contributed by atoms with Crippen LogP contribution in [0.1, 0.15) is 19.5 Å². The number of carboxylic acid groups (broad SMARTS) is 1. The van der Waals surface area contributed by atoms with Gasteiger partial charge >= 0.3 is 5.97 Å². The summed E-state index contributed by atoms with van der Waals surface area (Å²) in [5.74, 6) is 0.0738. The maximum absolute atomic E-state index is 11.3. The number of anilines is 1. The molecule has 2 aromatic rings. The first-order chi connectivity index (χ1) is 9.97. The minimum absolute atomic E-state index is 0.0559. The molecule has 0 fully saturated rings. The molecule has 1 atom stereocenters. The van der Waals surface area contributed by atoms with Crippen LogP contribution in [0.2, 0.25) is 0 Å². The highest BCUT2D eigenvalue weighted by molar-refractivity contribution is 5.77. The van der Waals surface area contributed by atoms with Gasteiger partial charge in [0.15, 0.2) is 5.82 Å². The molecule has 6 heteroatoms. The van der Waals surface area contributed by atoms with E-state index in [0.717, 1.165) is 11.3 Å². The Morgan fingerprint density at radius 3 is 2.67 bits per heavy atom. The van der Waals surface area contributed by atoms with Crippen LogP contribution in [0.5, 0.6) is 0 Å². The van der Waals surface area contributed by atoms with Crippen molar-refractivity contribution in [2.24, 2.45) is 5.92 Å². The summed E-state index contributed by atoms with van der Waals surface area (Å²) in [5.41, 5.74) is 1.56. The molecule has 0 aromatic carbocycles. The Bertz CT molecular complexity index is 629. The SMILES string of the molecule is Cc1cc(N[C@@H](C(=O)O)C(C)C)nc(-c2cccnc2)n1. The summed E-state index contributed by atoms with van der Waals surface area (Å²) in [6.45, 7) is 5.54. The zero-order valence-electron chi connectivity index (χ0n) is 12.2. The molecule has 110 valence electrons. The number of nitrogens with one attached hydrogen (secondary N) is 1. The number of carboxylic acids is 1. The second kappa shape index (κ2) is 6.30. The molecule has 0 radical (unpaired) electrons. The van der Waals surface area contributed by atoms with Gasteiger partial charge in [0, 0.05) is 29.7 Å². The van der Waals surface area contributed by atoms with Crippen molar-refractivity contribution in [3.63, 3.8) is 0 Å². The Morgan fingerprint density at radius 1 is 1.33 bits per heavy atom. The van der Waals surface area contributed by atoms with Crippen LogP contribution in [-0.2, 0) is 4.79 Å². The monoisotopic (exact) mass is 286 g/mol. The van der Waals surface area contributed by atoms with E-state index in [1.165, 1.54) is 0 Å². The van der Waals surface area contributed by atoms with Crippen molar-refractivity contribution in [1.29, 1.82) is 0 Å². The number of nitrogens with zero attached hydrogens (tertiary/aromatic N) is 3. The van der Waals surface area contributed by atoms with Gasteiger partial charge in [-0.2, -0.15) is 0 Å². The number of aryl methyl sites for hydroxylation is 1. The van der Waals surface area contributed by atoms with Crippen LogP contribution in [0.15, 0.2) is 30.6 Å². The summed E-state index contributed by atoms with van der Waals surface area (Å²) < 4.78 is 0. The van der Waals surface area contributed by atoms with E-state index in [2.05, 4.69) is 20.3 Å². The molecule has 2 heterocycles. The normalized spacial score (nSPS) is 12.2. The van der Waals surface area contributed by atoms with Gasteiger partial charge in [0.2, 0.25) is 0 Å². The molecule has 0 unspecified atom stereocenters. The van der Waals surface area contributed by atoms with Gasteiger partial charge in [-0.15, -0.1) is 0 Å². The third kappa shape index (κ3) is 3.75. The van der Waals surface area contributed by atoms with Crippen molar-refractivity contribution in [1.82, 2.24) is 15.0 Å². The molecule has 0 amide bonds. The summed E-state index contributed by atoms with van der Waals surface area (Å²) in [5, 5.41) is 12.2. The fraction of sp³-hybridized carbons (Fsp3) is 0.333. The summed E-state index contributed by atoms with van der Waals surface area (Å²) >= 11 is 0. The fourth-order valence-electron chi connectivity index (χ4n) is 1.94. The average Bonchev–Trinajstić information content (AvgIpc) is 2.44. The smallest absolute Gasteiger partial charge is 0.326 e. The molecule has 0 bridgehead atoms. The number of rotatable bonds is 5. The molecule has 0 aliphatic heterocycles. The number of pyridine rings is 1. The van der Waals surface area contributed by atoms with Gasteiger partial charge in [-0.3, -0.25) is 4.98 Å². The Balaban J connectivity index is 2.33. The van der Waals surface area contributed by atoms with Gasteiger partial charge in [0.25, 0.3) is 0 Å². The lowest BCUT2D eigenvalue weighted by Crippen LogP contribution is -2.34. The van der Waals surface area contributed by atoms with Gasteiger partial charge in [-0.1, -0.05) is 13.8 Å². The predicted molar refractivity (Wildman–Crippen MR) is 79.9 cm³/mol. The standard InChI is InChI=1S/C15H18N4O2/c1-9(2)13(15(20)21)18-12-7-10(3)17-14(19-12)11-5-4-6-16-8-11/h4-9,13H,1-3H3,(H,20,21)(H,17,18,19)/t13-/m1/s1. The summed E-state index contributed by atoms with van der Waals surface area (Å²) in [4.78, 5) is 24.1. The number of aliphatic carboxylic acids is 1. The molecule has 2 rings (SSSR count). The molecular weight excluding hydrogens is 268 g/mol. The van der Waals surface area contributed by atoms with Gasteiger partial charge in [0.05, 0.1) is 0 Å². The summed E-state index contributed by atoms with van der Waals surface area (Å²) in [6, 6.07) is 4.71. The molecule has 0 saturated carbocycles. The lowest BCUT2D eigenvalue weighted by Gasteiger charge is -2.19. The van der Waals surface area contributed by atoms with Crippen molar-refractivity contribution >= 4 is 11.8 Å². The lowest BCUT2D eigenvalue weighted by atomic mass is 10.1. The Morgan fingerprint density at radius 2 is 2.10 bits per heavy atom. The van der Waals surface area contributed by atoms with Gasteiger partial charge < -0.3 is 10.4 Å². The molecular formula is C15H18N4O2. The van der Waals surface area contributed by atoms with E-state index in [1.54, 1.807) is 18.5 Å². The third-order valence-corrected chi connectivity index (χ3v) is 3.01. The van der Waals surface area contributed by atoms with Crippen molar-refractivity contribution in [2.45, 2.75) is 26.8 Å². The Kier molecular flexibility index (Phi) is 4.47. The van der Waals surface area contributed by atoms with Crippen molar-refractivity contribution in [3.05, 3.63) is 36.3 Å². The molecule has 2 N–H and O–H groups in total. The van der Waals surface area contributed by atoms with Crippen LogP contribution in [-0.4, -0.2) is 32.1 Å². The third-order valence-electron chi connectivity index (χ3n) is 3.01. The topological polar surface area (TPSA) is 88.0 Å². The highest BCUT2D eigenvalue weighted by atomic mass is 16.4. The highest BCUT2D eigenvalue weighted by Crippen LogP contribution is 2.18. The molecule has 0 spiro atoms. The van der Waals surface area contributed by atoms with Crippen LogP contribution in [0, 0.1) is 12.8 Å². The van der Waals surface area contributed by atoms with E-state index >= 15 is 0 Å². The lowest BCUT2D eigenvalue weighted by molar-refractivity contribution is -0.138. The quantitative estimate of drug-likeness (QED) is 0.877. The van der Waals surface area contributed by atoms with Crippen molar-refractivity contribution in [3.8, 4) is 11.4 Å². The van der Waals surface area contributed by atoms with Gasteiger partial charge in [-0.25, -0.2) is 14.8 Å².